The van der Waals surface area contributed by atoms with E-state index in [1.54, 1.807) is 20.2 Å². The van der Waals surface area contributed by atoms with Gasteiger partial charge in [0.1, 0.15) is 0 Å². The molecular weight excluding hydrogens is 188 g/mol. The molecule has 0 fully saturated rings. The van der Waals surface area contributed by atoms with Crippen molar-refractivity contribution in [2.75, 3.05) is 19.5 Å². The fraction of sp³-hybridized carbons (Fsp3) is 0.500. The zero-order valence-electron chi connectivity index (χ0n) is 7.66. The summed E-state index contributed by atoms with van der Waals surface area (Å²) in [4.78, 5) is 17.9. The lowest BCUT2D eigenvalue weighted by Gasteiger charge is -1.99. The van der Waals surface area contributed by atoms with E-state index in [-0.39, 0.29) is 5.56 Å². The van der Waals surface area contributed by atoms with Gasteiger partial charge in [0.15, 0.2) is 5.16 Å². The molecule has 1 aromatic rings. The number of hydrogen-bond donors (Lipinski definition) is 1. The summed E-state index contributed by atoms with van der Waals surface area (Å²) in [7, 11) is 1.64. The van der Waals surface area contributed by atoms with Crippen LogP contribution in [0.25, 0.3) is 0 Å². The van der Waals surface area contributed by atoms with Crippen molar-refractivity contribution in [3.05, 3.63) is 22.1 Å². The first-order valence-electron chi connectivity index (χ1n) is 3.91. The number of aromatic amines is 1. The van der Waals surface area contributed by atoms with Crippen molar-refractivity contribution in [3.63, 3.8) is 0 Å². The summed E-state index contributed by atoms with van der Waals surface area (Å²) in [6.07, 6.45) is 1.58. The fourth-order valence-electron chi connectivity index (χ4n) is 0.737. The average Bonchev–Trinajstić information content (AvgIpc) is 2.12. The molecule has 0 spiro atoms. The molecule has 0 radical (unpaired) electrons. The third-order valence-corrected chi connectivity index (χ3v) is 2.33. The maximum absolute atomic E-state index is 11.1. The third kappa shape index (κ3) is 3.20. The number of H-pyrrole nitrogens is 1. The molecule has 1 rings (SSSR count). The Labute approximate surface area is 80.7 Å². The summed E-state index contributed by atoms with van der Waals surface area (Å²) < 4.78 is 4.88. The van der Waals surface area contributed by atoms with Crippen molar-refractivity contribution in [3.8, 4) is 0 Å². The number of nitrogens with one attached hydrogen (secondary N) is 1. The minimum atomic E-state index is -0.0742. The minimum Gasteiger partial charge on any atom is -0.384 e. The number of rotatable bonds is 4. The summed E-state index contributed by atoms with van der Waals surface area (Å²) in [5.74, 6) is 0.794. The monoisotopic (exact) mass is 200 g/mol. The smallest absolute Gasteiger partial charge is 0.254 e. The topological polar surface area (TPSA) is 55.0 Å². The molecule has 0 bridgehead atoms. The van der Waals surface area contributed by atoms with Crippen LogP contribution in [0.4, 0.5) is 0 Å². The Kier molecular flexibility index (Phi) is 3.98. The molecular formula is C8H12N2O2S. The van der Waals surface area contributed by atoms with Crippen LogP contribution >= 0.6 is 11.8 Å². The van der Waals surface area contributed by atoms with Gasteiger partial charge in [-0.2, -0.15) is 0 Å². The second-order valence-corrected chi connectivity index (χ2v) is 3.63. The van der Waals surface area contributed by atoms with E-state index >= 15 is 0 Å². The van der Waals surface area contributed by atoms with Crippen molar-refractivity contribution in [1.82, 2.24) is 9.97 Å². The second-order valence-electron chi connectivity index (χ2n) is 2.54. The molecule has 1 aromatic heterocycles. The van der Waals surface area contributed by atoms with Gasteiger partial charge < -0.3 is 9.72 Å². The number of nitrogens with zero attached hydrogens (tertiary/aromatic N) is 1. The molecule has 1 N–H and O–H groups in total. The molecule has 0 amide bonds. The normalized spacial score (nSPS) is 10.3. The largest absolute Gasteiger partial charge is 0.384 e. The van der Waals surface area contributed by atoms with E-state index in [4.69, 9.17) is 4.74 Å². The second kappa shape index (κ2) is 5.04. The van der Waals surface area contributed by atoms with E-state index < -0.39 is 0 Å². The van der Waals surface area contributed by atoms with Gasteiger partial charge in [0.2, 0.25) is 0 Å². The van der Waals surface area contributed by atoms with Crippen LogP contribution < -0.4 is 5.56 Å². The standard InChI is InChI=1S/C8H12N2O2S/c1-6-5-9-8(10-7(6)11)13-4-3-12-2/h5H,3-4H2,1-2H3,(H,9,10,11). The Hall–Kier alpha value is -0.810. The van der Waals surface area contributed by atoms with Gasteiger partial charge in [-0.25, -0.2) is 4.98 Å². The number of thioether (sulfide) groups is 1. The SMILES string of the molecule is COCCSc1ncc(C)c(=O)[nH]1. The molecule has 0 saturated carbocycles. The quantitative estimate of drug-likeness (QED) is 0.444. The van der Waals surface area contributed by atoms with E-state index in [1.165, 1.54) is 11.8 Å². The van der Waals surface area contributed by atoms with E-state index in [1.807, 2.05) is 0 Å². The predicted octanol–water partition coefficient (Wildman–Crippen LogP) is 0.817. The maximum Gasteiger partial charge on any atom is 0.254 e. The lowest BCUT2D eigenvalue weighted by Crippen LogP contribution is -2.11. The molecule has 0 aromatic carbocycles. The third-order valence-electron chi connectivity index (χ3n) is 1.48. The molecule has 0 saturated heterocycles. The summed E-state index contributed by atoms with van der Waals surface area (Å²) in [6, 6.07) is 0. The first kappa shape index (κ1) is 10.3. The lowest BCUT2D eigenvalue weighted by molar-refractivity contribution is 0.218. The van der Waals surface area contributed by atoms with Crippen molar-refractivity contribution >= 4 is 11.8 Å². The van der Waals surface area contributed by atoms with Gasteiger partial charge in [-0.05, 0) is 6.92 Å². The van der Waals surface area contributed by atoms with E-state index in [0.29, 0.717) is 17.3 Å². The number of ether oxygens (including phenoxy) is 1. The van der Waals surface area contributed by atoms with Crippen molar-refractivity contribution in [2.45, 2.75) is 12.1 Å². The molecule has 1 heterocycles. The molecule has 72 valence electrons. The van der Waals surface area contributed by atoms with Gasteiger partial charge >= 0.3 is 0 Å². The highest BCUT2D eigenvalue weighted by atomic mass is 32.2. The first-order chi connectivity index (χ1) is 6.24. The van der Waals surface area contributed by atoms with Crippen LogP contribution in [-0.2, 0) is 4.74 Å². The molecule has 0 aliphatic carbocycles. The summed E-state index contributed by atoms with van der Waals surface area (Å²) in [6.45, 7) is 2.39. The Morgan fingerprint density at radius 2 is 2.46 bits per heavy atom. The zero-order valence-corrected chi connectivity index (χ0v) is 8.48. The van der Waals surface area contributed by atoms with E-state index in [2.05, 4.69) is 9.97 Å². The fourth-order valence-corrected chi connectivity index (χ4v) is 1.47. The van der Waals surface area contributed by atoms with Gasteiger partial charge in [-0.3, -0.25) is 4.79 Å². The highest BCUT2D eigenvalue weighted by Crippen LogP contribution is 2.09. The summed E-state index contributed by atoms with van der Waals surface area (Å²) in [5.41, 5.74) is 0.561. The van der Waals surface area contributed by atoms with Gasteiger partial charge in [0, 0.05) is 24.6 Å². The van der Waals surface area contributed by atoms with Crippen LogP contribution in [0.3, 0.4) is 0 Å². The Balaban J connectivity index is 2.58. The molecule has 0 atom stereocenters. The van der Waals surface area contributed by atoms with Gasteiger partial charge in [-0.1, -0.05) is 11.8 Å². The van der Waals surface area contributed by atoms with E-state index in [9.17, 15) is 4.79 Å². The van der Waals surface area contributed by atoms with Crippen LogP contribution in [0.15, 0.2) is 16.1 Å². The zero-order chi connectivity index (χ0) is 9.68. The molecule has 0 unspecified atom stereocenters. The number of methoxy groups -OCH3 is 1. The van der Waals surface area contributed by atoms with Crippen molar-refractivity contribution in [2.24, 2.45) is 0 Å². The molecule has 13 heavy (non-hydrogen) atoms. The number of aromatic nitrogens is 2. The maximum atomic E-state index is 11.1. The average molecular weight is 200 g/mol. The minimum absolute atomic E-state index is 0.0742. The van der Waals surface area contributed by atoms with E-state index in [0.717, 1.165) is 5.75 Å². The van der Waals surface area contributed by atoms with Gasteiger partial charge in [0.25, 0.3) is 5.56 Å². The Morgan fingerprint density at radius 3 is 3.08 bits per heavy atom. The number of hydrogen-bond acceptors (Lipinski definition) is 4. The molecule has 5 heteroatoms. The summed E-state index contributed by atoms with van der Waals surface area (Å²) in [5, 5.41) is 0.646. The van der Waals surface area contributed by atoms with Crippen molar-refractivity contribution < 1.29 is 4.74 Å². The summed E-state index contributed by atoms with van der Waals surface area (Å²) >= 11 is 1.48. The van der Waals surface area contributed by atoms with Crippen LogP contribution in [0, 0.1) is 6.92 Å². The molecule has 4 nitrogen and oxygen atoms in total. The molecule has 0 aliphatic rings. The van der Waals surface area contributed by atoms with Gasteiger partial charge in [0.05, 0.1) is 6.61 Å². The van der Waals surface area contributed by atoms with Crippen LogP contribution in [-0.4, -0.2) is 29.4 Å². The Bertz CT molecular complexity index is 324. The van der Waals surface area contributed by atoms with Gasteiger partial charge in [-0.15, -0.1) is 0 Å². The number of aryl methyl sites for hydroxylation is 1. The highest BCUT2D eigenvalue weighted by molar-refractivity contribution is 7.99. The van der Waals surface area contributed by atoms with Crippen LogP contribution in [0.5, 0.6) is 0 Å². The van der Waals surface area contributed by atoms with Crippen LogP contribution in [0.1, 0.15) is 5.56 Å². The molecule has 0 aliphatic heterocycles. The predicted molar refractivity (Wildman–Crippen MR) is 52.2 cm³/mol. The highest BCUT2D eigenvalue weighted by Gasteiger charge is 1.98. The lowest BCUT2D eigenvalue weighted by atomic mass is 10.4. The Morgan fingerprint density at radius 1 is 1.69 bits per heavy atom. The van der Waals surface area contributed by atoms with Crippen LogP contribution in [0.2, 0.25) is 0 Å². The van der Waals surface area contributed by atoms with Crippen molar-refractivity contribution in [1.29, 1.82) is 0 Å². The first-order valence-corrected chi connectivity index (χ1v) is 4.90.